The minimum Gasteiger partial charge on any atom is -0.396 e. The lowest BCUT2D eigenvalue weighted by molar-refractivity contribution is 0.292. The first kappa shape index (κ1) is 10.8. The van der Waals surface area contributed by atoms with Gasteiger partial charge in [0.2, 0.25) is 0 Å². The van der Waals surface area contributed by atoms with Gasteiger partial charge in [-0.15, -0.1) is 0 Å². The molecule has 0 amide bonds. The van der Waals surface area contributed by atoms with Crippen LogP contribution in [0.15, 0.2) is 18.2 Å². The highest BCUT2D eigenvalue weighted by molar-refractivity contribution is 6.30. The number of halogens is 1. The largest absolute Gasteiger partial charge is 0.396 e. The van der Waals surface area contributed by atoms with Crippen LogP contribution in [0.3, 0.4) is 0 Å². The molecule has 0 radical (unpaired) electrons. The summed E-state index contributed by atoms with van der Waals surface area (Å²) in [5.41, 5.74) is 1.28. The van der Waals surface area contributed by atoms with Crippen molar-refractivity contribution < 1.29 is 5.11 Å². The Bertz CT molecular complexity index is 346. The quantitative estimate of drug-likeness (QED) is 0.748. The second-order valence-electron chi connectivity index (χ2n) is 2.81. The van der Waals surface area contributed by atoms with Gasteiger partial charge in [0.25, 0.3) is 0 Å². The molecule has 0 spiro atoms. The van der Waals surface area contributed by atoms with Gasteiger partial charge in [-0.3, -0.25) is 0 Å². The average Bonchev–Trinajstić information content (AvgIpc) is 2.19. The summed E-state index contributed by atoms with van der Waals surface area (Å²) in [6.07, 6.45) is 0.650. The number of aliphatic hydroxyl groups is 1. The van der Waals surface area contributed by atoms with Crippen LogP contribution in [0, 0.1) is 11.3 Å². The molecule has 0 heterocycles. The first-order valence-corrected chi connectivity index (χ1v) is 4.70. The molecule has 1 aromatic carbocycles. The molecule has 14 heavy (non-hydrogen) atoms. The summed E-state index contributed by atoms with van der Waals surface area (Å²) in [6.45, 7) is 0.765. The van der Waals surface area contributed by atoms with E-state index in [-0.39, 0.29) is 6.61 Å². The van der Waals surface area contributed by atoms with Gasteiger partial charge in [-0.05, 0) is 24.6 Å². The zero-order valence-electron chi connectivity index (χ0n) is 7.63. The lowest BCUT2D eigenvalue weighted by Crippen LogP contribution is -2.04. The van der Waals surface area contributed by atoms with Gasteiger partial charge in [0, 0.05) is 18.2 Å². The van der Waals surface area contributed by atoms with Crippen molar-refractivity contribution in [3.63, 3.8) is 0 Å². The van der Waals surface area contributed by atoms with Crippen LogP contribution >= 0.6 is 11.6 Å². The summed E-state index contributed by atoms with van der Waals surface area (Å²) in [4.78, 5) is 0. The fourth-order valence-electron chi connectivity index (χ4n) is 1.06. The van der Waals surface area contributed by atoms with E-state index in [4.69, 9.17) is 22.0 Å². The van der Waals surface area contributed by atoms with E-state index in [1.54, 1.807) is 18.2 Å². The van der Waals surface area contributed by atoms with Crippen LogP contribution in [0.5, 0.6) is 0 Å². The molecule has 74 valence electrons. The summed E-state index contributed by atoms with van der Waals surface area (Å²) in [5, 5.41) is 21.0. The molecule has 2 N–H and O–H groups in total. The van der Waals surface area contributed by atoms with E-state index < -0.39 is 0 Å². The molecule has 0 aromatic heterocycles. The van der Waals surface area contributed by atoms with Gasteiger partial charge < -0.3 is 10.4 Å². The Balaban J connectivity index is 2.73. The predicted molar refractivity (Wildman–Crippen MR) is 56.4 cm³/mol. The van der Waals surface area contributed by atoms with Gasteiger partial charge >= 0.3 is 0 Å². The summed E-state index contributed by atoms with van der Waals surface area (Å²) in [6, 6.07) is 7.12. The summed E-state index contributed by atoms with van der Waals surface area (Å²) >= 11 is 5.79. The highest BCUT2D eigenvalue weighted by Crippen LogP contribution is 2.20. The van der Waals surface area contributed by atoms with Crippen LogP contribution in [0.2, 0.25) is 5.02 Å². The van der Waals surface area contributed by atoms with E-state index in [0.29, 0.717) is 29.2 Å². The Kier molecular flexibility index (Phi) is 4.24. The van der Waals surface area contributed by atoms with Crippen LogP contribution in [-0.2, 0) is 0 Å². The van der Waals surface area contributed by atoms with Crippen molar-refractivity contribution in [3.8, 4) is 6.07 Å². The summed E-state index contributed by atoms with van der Waals surface area (Å²) in [5.74, 6) is 0. The van der Waals surface area contributed by atoms with Gasteiger partial charge in [-0.25, -0.2) is 0 Å². The van der Waals surface area contributed by atoms with E-state index in [2.05, 4.69) is 11.4 Å². The molecule has 1 rings (SSSR count). The Morgan fingerprint density at radius 1 is 1.50 bits per heavy atom. The number of nitrogens with zero attached hydrogens (tertiary/aromatic N) is 1. The fourth-order valence-corrected chi connectivity index (χ4v) is 1.23. The average molecular weight is 211 g/mol. The molecule has 3 nitrogen and oxygen atoms in total. The number of hydrogen-bond acceptors (Lipinski definition) is 3. The minimum atomic E-state index is 0.134. The first-order valence-electron chi connectivity index (χ1n) is 4.32. The molecule has 0 saturated heterocycles. The van der Waals surface area contributed by atoms with E-state index in [9.17, 15) is 0 Å². The molecule has 0 atom stereocenters. The normalized spacial score (nSPS) is 9.50. The van der Waals surface area contributed by atoms with Gasteiger partial charge in [0.15, 0.2) is 0 Å². The van der Waals surface area contributed by atoms with E-state index in [1.165, 1.54) is 0 Å². The third kappa shape index (κ3) is 2.91. The number of benzene rings is 1. The molecule has 0 bridgehead atoms. The smallest absolute Gasteiger partial charge is 0.101 e. The number of anilines is 1. The van der Waals surface area contributed by atoms with Gasteiger partial charge in [-0.1, -0.05) is 11.6 Å². The highest BCUT2D eigenvalue weighted by Gasteiger charge is 2.01. The third-order valence-corrected chi connectivity index (χ3v) is 1.99. The monoisotopic (exact) mass is 210 g/mol. The topological polar surface area (TPSA) is 56.0 Å². The maximum absolute atomic E-state index is 8.78. The number of nitriles is 1. The number of hydrogen-bond donors (Lipinski definition) is 2. The fraction of sp³-hybridized carbons (Fsp3) is 0.300. The van der Waals surface area contributed by atoms with E-state index in [1.807, 2.05) is 0 Å². The van der Waals surface area contributed by atoms with Crippen molar-refractivity contribution in [3.05, 3.63) is 28.8 Å². The highest BCUT2D eigenvalue weighted by atomic mass is 35.5. The number of aliphatic hydroxyl groups excluding tert-OH is 1. The Labute approximate surface area is 87.9 Å². The lowest BCUT2D eigenvalue weighted by atomic mass is 10.2. The van der Waals surface area contributed by atoms with Crippen LogP contribution in [0.1, 0.15) is 12.0 Å². The third-order valence-electron chi connectivity index (χ3n) is 1.75. The van der Waals surface area contributed by atoms with Crippen LogP contribution in [-0.4, -0.2) is 18.3 Å². The maximum Gasteiger partial charge on any atom is 0.101 e. The zero-order valence-corrected chi connectivity index (χ0v) is 8.38. The second kappa shape index (κ2) is 5.48. The van der Waals surface area contributed by atoms with Gasteiger partial charge in [0.05, 0.1) is 11.3 Å². The molecule has 0 saturated carbocycles. The standard InChI is InChI=1S/C10H11ClN2O/c11-9-3-2-8(7-12)10(6-9)13-4-1-5-14/h2-3,6,13-14H,1,4-5H2. The molecular formula is C10H11ClN2O. The van der Waals surface area contributed by atoms with Crippen LogP contribution in [0.4, 0.5) is 5.69 Å². The van der Waals surface area contributed by atoms with E-state index in [0.717, 1.165) is 0 Å². The van der Waals surface area contributed by atoms with Crippen molar-refractivity contribution in [2.75, 3.05) is 18.5 Å². The SMILES string of the molecule is N#Cc1ccc(Cl)cc1NCCCO. The molecule has 0 aliphatic rings. The first-order chi connectivity index (χ1) is 6.77. The van der Waals surface area contributed by atoms with Crippen molar-refractivity contribution >= 4 is 17.3 Å². The Hall–Kier alpha value is -1.24. The van der Waals surface area contributed by atoms with Crippen molar-refractivity contribution in [1.82, 2.24) is 0 Å². The zero-order chi connectivity index (χ0) is 10.4. The maximum atomic E-state index is 8.78. The molecule has 0 unspecified atom stereocenters. The van der Waals surface area contributed by atoms with Crippen molar-refractivity contribution in [2.24, 2.45) is 0 Å². The lowest BCUT2D eigenvalue weighted by Gasteiger charge is -2.07. The molecule has 0 fully saturated rings. The Morgan fingerprint density at radius 2 is 2.29 bits per heavy atom. The minimum absolute atomic E-state index is 0.134. The van der Waals surface area contributed by atoms with Crippen LogP contribution in [0.25, 0.3) is 0 Å². The van der Waals surface area contributed by atoms with Gasteiger partial charge in [-0.2, -0.15) is 5.26 Å². The Morgan fingerprint density at radius 3 is 2.93 bits per heavy atom. The molecular weight excluding hydrogens is 200 g/mol. The number of rotatable bonds is 4. The van der Waals surface area contributed by atoms with Crippen molar-refractivity contribution in [1.29, 1.82) is 5.26 Å². The number of nitrogens with one attached hydrogen (secondary N) is 1. The molecule has 0 aliphatic carbocycles. The van der Waals surface area contributed by atoms with Crippen LogP contribution < -0.4 is 5.32 Å². The summed E-state index contributed by atoms with van der Waals surface area (Å²) < 4.78 is 0. The summed E-state index contributed by atoms with van der Waals surface area (Å²) in [7, 11) is 0. The molecule has 4 heteroatoms. The molecule has 0 aliphatic heterocycles. The molecule has 1 aromatic rings. The van der Waals surface area contributed by atoms with Crippen molar-refractivity contribution in [2.45, 2.75) is 6.42 Å². The predicted octanol–water partition coefficient (Wildman–Crippen LogP) is 2.01. The second-order valence-corrected chi connectivity index (χ2v) is 3.24. The van der Waals surface area contributed by atoms with E-state index >= 15 is 0 Å². The van der Waals surface area contributed by atoms with Gasteiger partial charge in [0.1, 0.15) is 6.07 Å².